The summed E-state index contributed by atoms with van der Waals surface area (Å²) in [6.45, 7) is 8.00. The summed E-state index contributed by atoms with van der Waals surface area (Å²) in [6.07, 6.45) is 2.55. The maximum absolute atomic E-state index is 14.6. The van der Waals surface area contributed by atoms with Crippen molar-refractivity contribution in [1.82, 2.24) is 15.5 Å². The number of fused-ring (bicyclic) bond motifs is 5. The second-order valence-electron chi connectivity index (χ2n) is 16.6. The van der Waals surface area contributed by atoms with E-state index in [4.69, 9.17) is 26.7 Å². The Bertz CT molecular complexity index is 2190. The lowest BCUT2D eigenvalue weighted by Gasteiger charge is -2.31. The summed E-state index contributed by atoms with van der Waals surface area (Å²) in [5.41, 5.74) is 22.0. The molecule has 0 unspecified atom stereocenters. The van der Waals surface area contributed by atoms with Gasteiger partial charge in [-0.3, -0.25) is 28.8 Å². The smallest absolute Gasteiger partial charge is 0.252 e. The van der Waals surface area contributed by atoms with E-state index < -0.39 is 53.5 Å². The van der Waals surface area contributed by atoms with Crippen LogP contribution in [0.5, 0.6) is 11.5 Å². The molecule has 15 heteroatoms. The second-order valence-corrected chi connectivity index (χ2v) is 16.6. The highest BCUT2D eigenvalue weighted by Gasteiger charge is 2.36. The number of likely N-dealkylation sites (N-methyl/N-ethyl adjacent to an activating group) is 1. The van der Waals surface area contributed by atoms with Crippen LogP contribution in [0.15, 0.2) is 54.6 Å². The number of unbranched alkanes of at least 4 members (excludes halogenated alkanes) is 1. The van der Waals surface area contributed by atoms with Gasteiger partial charge in [-0.15, -0.1) is 0 Å². The topological polar surface area (TPSA) is 250 Å². The summed E-state index contributed by atoms with van der Waals surface area (Å²) >= 11 is 0. The summed E-state index contributed by atoms with van der Waals surface area (Å²) in [5.74, 6) is -3.70. The number of aryl methyl sites for hydroxylation is 2. The number of nitriles is 1. The minimum Gasteiger partial charge on any atom is -0.492 e. The van der Waals surface area contributed by atoms with E-state index in [2.05, 4.69) is 17.6 Å². The highest BCUT2D eigenvalue weighted by atomic mass is 16.5. The third kappa shape index (κ3) is 13.5. The van der Waals surface area contributed by atoms with Gasteiger partial charge in [-0.2, -0.15) is 5.26 Å². The van der Waals surface area contributed by atoms with Crippen LogP contribution in [0, 0.1) is 30.1 Å². The van der Waals surface area contributed by atoms with Crippen LogP contribution < -0.4 is 37.3 Å². The Hall–Kier alpha value is -5.95. The molecular weight excluding hydrogens is 815 g/mol. The van der Waals surface area contributed by atoms with E-state index in [1.54, 1.807) is 50.2 Å². The van der Waals surface area contributed by atoms with Gasteiger partial charge in [0.15, 0.2) is 17.3 Å². The van der Waals surface area contributed by atoms with Crippen LogP contribution in [0.25, 0.3) is 11.1 Å². The van der Waals surface area contributed by atoms with Gasteiger partial charge in [0.2, 0.25) is 11.8 Å². The molecule has 1 heterocycles. The van der Waals surface area contributed by atoms with Gasteiger partial charge in [-0.1, -0.05) is 51.5 Å². The van der Waals surface area contributed by atoms with Gasteiger partial charge in [0, 0.05) is 74.3 Å². The van der Waals surface area contributed by atoms with E-state index in [0.29, 0.717) is 39.3 Å². The molecule has 0 radical (unpaired) electrons. The minimum atomic E-state index is -1.24. The summed E-state index contributed by atoms with van der Waals surface area (Å²) < 4.78 is 12.2. The van der Waals surface area contributed by atoms with Gasteiger partial charge in [-0.25, -0.2) is 0 Å². The fraction of sp³-hybridized carbons (Fsp3) is 0.490. The monoisotopic (exact) mass is 879 g/mol. The van der Waals surface area contributed by atoms with Crippen LogP contribution in [0.1, 0.15) is 104 Å². The first-order valence-electron chi connectivity index (χ1n) is 22.2. The van der Waals surface area contributed by atoms with Crippen LogP contribution in [0.2, 0.25) is 0 Å². The Morgan fingerprint density at radius 1 is 0.938 bits per heavy atom. The van der Waals surface area contributed by atoms with Crippen molar-refractivity contribution in [3.63, 3.8) is 0 Å². The number of nitrogens with zero attached hydrogens (tertiary/aromatic N) is 2. The van der Waals surface area contributed by atoms with E-state index in [0.717, 1.165) is 30.4 Å². The fourth-order valence-corrected chi connectivity index (χ4v) is 7.95. The molecule has 1 aliphatic heterocycles. The lowest BCUT2D eigenvalue weighted by Crippen LogP contribution is -2.46. The molecule has 0 fully saturated rings. The average Bonchev–Trinajstić information content (AvgIpc) is 3.27. The number of nitrogens with one attached hydrogen (secondary N) is 2. The van der Waals surface area contributed by atoms with E-state index in [1.807, 2.05) is 31.2 Å². The molecule has 15 nitrogen and oxygen atoms in total. The van der Waals surface area contributed by atoms with Crippen molar-refractivity contribution in [1.29, 1.82) is 5.26 Å². The van der Waals surface area contributed by atoms with Gasteiger partial charge in [-0.05, 0) is 91.7 Å². The minimum absolute atomic E-state index is 0.0350. The average molecular weight is 880 g/mol. The molecule has 3 aromatic carbocycles. The predicted molar refractivity (Wildman–Crippen MR) is 244 cm³/mol. The summed E-state index contributed by atoms with van der Waals surface area (Å²) in [6, 6.07) is 14.9. The molecular formula is C49H65N7O8. The molecule has 1 aliphatic rings. The van der Waals surface area contributed by atoms with E-state index in [-0.39, 0.29) is 82.9 Å². The largest absolute Gasteiger partial charge is 0.492 e. The van der Waals surface area contributed by atoms with Crippen molar-refractivity contribution in [2.24, 2.45) is 29.0 Å². The normalized spacial score (nSPS) is 17.2. The Morgan fingerprint density at radius 2 is 1.61 bits per heavy atom. The van der Waals surface area contributed by atoms with Crippen LogP contribution in [-0.4, -0.2) is 92.0 Å². The lowest BCUT2D eigenvalue weighted by molar-refractivity contribution is -0.143. The molecule has 4 bridgehead atoms. The third-order valence-corrected chi connectivity index (χ3v) is 11.5. The molecule has 3 aromatic rings. The Morgan fingerprint density at radius 3 is 2.23 bits per heavy atom. The first kappa shape index (κ1) is 50.7. The molecule has 0 saturated carbocycles. The zero-order valence-corrected chi connectivity index (χ0v) is 37.9. The van der Waals surface area contributed by atoms with Crippen molar-refractivity contribution in [2.75, 3.05) is 39.9 Å². The first-order chi connectivity index (χ1) is 30.7. The summed E-state index contributed by atoms with van der Waals surface area (Å²) in [5, 5.41) is 14.9. The van der Waals surface area contributed by atoms with E-state index >= 15 is 0 Å². The molecule has 64 heavy (non-hydrogen) atoms. The van der Waals surface area contributed by atoms with Crippen LogP contribution in [0.4, 0.5) is 0 Å². The van der Waals surface area contributed by atoms with Gasteiger partial charge in [0.25, 0.3) is 5.91 Å². The number of benzene rings is 3. The van der Waals surface area contributed by atoms with Gasteiger partial charge in [0.1, 0.15) is 30.8 Å². The molecule has 344 valence electrons. The van der Waals surface area contributed by atoms with Gasteiger partial charge in [0.05, 0.1) is 18.2 Å². The standard InChI is InChI=1S/C49H65N7O8/c1-6-7-9-33-11-14-36(30(2)24-33)48(61)54-39(17-19-51)42(58)26-32(4)49(62)56(5)46-35-13-16-45(64-23-21-53)38(29-35)37-27-34(12-15-44(37)63-22-20-52)28-40(41(57)10-8-18-50)55-47(60)31(3)25-43(46)59/h11-16,24,27,29,31-32,39-40,46H,6-10,17,19-23,25-26,28,51-53H2,1-5H3,(H,54,61)(H,55,60)/t31-,32-,39+,40+,46+/m1/s1. The Kier molecular flexibility index (Phi) is 19.6. The molecule has 0 saturated heterocycles. The number of rotatable bonds is 21. The van der Waals surface area contributed by atoms with Crippen LogP contribution in [0.3, 0.4) is 0 Å². The maximum atomic E-state index is 14.6. The highest BCUT2D eigenvalue weighted by Crippen LogP contribution is 2.41. The van der Waals surface area contributed by atoms with E-state index in [9.17, 15) is 34.0 Å². The summed E-state index contributed by atoms with van der Waals surface area (Å²) in [4.78, 5) is 84.9. The number of hydrogen-bond donors (Lipinski definition) is 5. The molecule has 0 spiro atoms. The van der Waals surface area contributed by atoms with Crippen molar-refractivity contribution in [3.05, 3.63) is 82.4 Å². The number of amides is 3. The molecule has 0 aromatic heterocycles. The van der Waals surface area contributed by atoms with E-state index in [1.165, 1.54) is 11.9 Å². The quantitative estimate of drug-likeness (QED) is 0.0997. The molecule has 4 rings (SSSR count). The zero-order valence-electron chi connectivity index (χ0n) is 37.9. The molecule has 5 atom stereocenters. The molecule has 0 aliphatic carbocycles. The highest BCUT2D eigenvalue weighted by molar-refractivity contribution is 6.00. The van der Waals surface area contributed by atoms with Crippen molar-refractivity contribution >= 4 is 35.1 Å². The maximum Gasteiger partial charge on any atom is 0.252 e. The summed E-state index contributed by atoms with van der Waals surface area (Å²) in [7, 11) is 1.48. The fourth-order valence-electron chi connectivity index (χ4n) is 7.95. The lowest BCUT2D eigenvalue weighted by atomic mass is 9.88. The number of ether oxygens (including phenoxy) is 2. The number of carbonyl (C=O) groups excluding carboxylic acids is 6. The predicted octanol–water partition coefficient (Wildman–Crippen LogP) is 4.43. The number of hydrogen-bond acceptors (Lipinski definition) is 12. The Balaban J connectivity index is 1.74. The number of Topliss-reactive ketones (excluding diaryl/α,β-unsaturated/α-hetero) is 3. The third-order valence-electron chi connectivity index (χ3n) is 11.5. The van der Waals surface area contributed by atoms with Gasteiger partial charge >= 0.3 is 0 Å². The number of carbonyl (C=O) groups is 6. The molecule has 8 N–H and O–H groups in total. The van der Waals surface area contributed by atoms with Crippen molar-refractivity contribution in [2.45, 2.75) is 104 Å². The number of nitrogens with two attached hydrogens (primary N) is 3. The zero-order chi connectivity index (χ0) is 46.9. The molecule has 3 amide bonds. The van der Waals surface area contributed by atoms with Crippen LogP contribution in [-0.2, 0) is 36.8 Å². The van der Waals surface area contributed by atoms with Crippen LogP contribution >= 0.6 is 0 Å². The first-order valence-corrected chi connectivity index (χ1v) is 22.2. The van der Waals surface area contributed by atoms with Crippen molar-refractivity contribution < 1.29 is 38.2 Å². The SMILES string of the molecule is CCCCc1ccc(C(=O)N[C@@H](CCN)C(=O)C[C@@H](C)C(=O)N(C)[C@@H]2C(=O)C[C@@H](C)C(=O)N[C@H](C(=O)CCC#N)Cc3ccc(OCCN)c(c3)-c3cc2ccc3OCCN)c(C)c1. The number of ketones is 3. The van der Waals surface area contributed by atoms with Crippen molar-refractivity contribution in [3.8, 4) is 28.7 Å². The van der Waals surface area contributed by atoms with Gasteiger partial charge < -0.3 is 42.2 Å². The Labute approximate surface area is 376 Å². The second kappa shape index (κ2) is 24.8.